The van der Waals surface area contributed by atoms with Gasteiger partial charge in [-0.05, 0) is 37.0 Å². The lowest BCUT2D eigenvalue weighted by atomic mass is 9.98. The summed E-state index contributed by atoms with van der Waals surface area (Å²) >= 11 is 0. The molecule has 1 aromatic heterocycles. The monoisotopic (exact) mass is 341 g/mol. The number of likely N-dealkylation sites (tertiary alicyclic amines) is 1. The Labute approximate surface area is 146 Å². The van der Waals surface area contributed by atoms with E-state index in [9.17, 15) is 9.59 Å². The van der Waals surface area contributed by atoms with Crippen molar-refractivity contribution >= 4 is 17.6 Å². The number of rotatable bonds is 4. The first-order chi connectivity index (χ1) is 12.2. The number of likely N-dealkylation sites (N-methyl/N-ethyl adjacent to an activating group) is 1. The summed E-state index contributed by atoms with van der Waals surface area (Å²) in [6, 6.07) is 7.31. The predicted octanol–water partition coefficient (Wildman–Crippen LogP) is 2.46. The average molecular weight is 341 g/mol. The molecule has 0 radical (unpaired) electrons. The van der Waals surface area contributed by atoms with Crippen molar-refractivity contribution < 1.29 is 9.59 Å². The Hall–Kier alpha value is -2.83. The van der Waals surface area contributed by atoms with Gasteiger partial charge < -0.3 is 15.5 Å². The summed E-state index contributed by atoms with van der Waals surface area (Å²) in [5.41, 5.74) is 2.67. The molecule has 7 heteroatoms. The summed E-state index contributed by atoms with van der Waals surface area (Å²) in [4.78, 5) is 26.0. The molecule has 7 nitrogen and oxygen atoms in total. The molecular weight excluding hydrogens is 318 g/mol. The fourth-order valence-electron chi connectivity index (χ4n) is 3.14. The van der Waals surface area contributed by atoms with Crippen molar-refractivity contribution in [2.24, 2.45) is 0 Å². The summed E-state index contributed by atoms with van der Waals surface area (Å²) in [5, 5.41) is 12.4. The van der Waals surface area contributed by atoms with Crippen LogP contribution in [0.15, 0.2) is 36.7 Å². The van der Waals surface area contributed by atoms with Gasteiger partial charge in [0.15, 0.2) is 0 Å². The van der Waals surface area contributed by atoms with E-state index >= 15 is 0 Å². The highest BCUT2D eigenvalue weighted by Gasteiger charge is 2.28. The van der Waals surface area contributed by atoms with Crippen LogP contribution in [0.3, 0.4) is 0 Å². The molecule has 2 heterocycles. The zero-order valence-corrected chi connectivity index (χ0v) is 14.3. The molecule has 0 spiro atoms. The van der Waals surface area contributed by atoms with Crippen molar-refractivity contribution in [1.82, 2.24) is 20.4 Å². The molecule has 1 saturated heterocycles. The first kappa shape index (κ1) is 17.0. The maximum Gasteiger partial charge on any atom is 0.322 e. The minimum Gasteiger partial charge on any atom is -0.359 e. The summed E-state index contributed by atoms with van der Waals surface area (Å²) < 4.78 is 0. The number of anilines is 1. The highest BCUT2D eigenvalue weighted by molar-refractivity contribution is 5.89. The quantitative estimate of drug-likeness (QED) is 0.798. The number of aromatic amines is 1. The van der Waals surface area contributed by atoms with Gasteiger partial charge >= 0.3 is 6.03 Å². The van der Waals surface area contributed by atoms with Crippen LogP contribution in [0.5, 0.6) is 0 Å². The van der Waals surface area contributed by atoms with E-state index in [1.165, 1.54) is 0 Å². The van der Waals surface area contributed by atoms with Crippen molar-refractivity contribution in [3.63, 3.8) is 0 Å². The molecule has 3 N–H and O–H groups in total. The lowest BCUT2D eigenvalue weighted by Gasteiger charge is -2.35. The molecule has 3 amide bonds. The second kappa shape index (κ2) is 7.83. The Morgan fingerprint density at radius 3 is 2.76 bits per heavy atom. The van der Waals surface area contributed by atoms with Crippen molar-refractivity contribution in [3.05, 3.63) is 47.8 Å². The molecule has 1 fully saturated rings. The van der Waals surface area contributed by atoms with Gasteiger partial charge in [0.2, 0.25) is 5.91 Å². The molecule has 25 heavy (non-hydrogen) atoms. The third kappa shape index (κ3) is 4.17. The standard InChI is InChI=1S/C18H23N5O2/c1-19-17(24)10-13-5-7-15(8-6-13)22-18(25)23-9-3-2-4-16(23)14-11-20-21-12-14/h5-8,11-12,16H,2-4,9-10H2,1H3,(H,19,24)(H,20,21)(H,22,25). The number of carbonyl (C=O) groups excluding carboxylic acids is 2. The van der Waals surface area contributed by atoms with Gasteiger partial charge in [-0.1, -0.05) is 12.1 Å². The number of H-pyrrole nitrogens is 1. The van der Waals surface area contributed by atoms with E-state index in [4.69, 9.17) is 0 Å². The largest absolute Gasteiger partial charge is 0.359 e. The number of piperidine rings is 1. The fourth-order valence-corrected chi connectivity index (χ4v) is 3.14. The number of nitrogens with one attached hydrogen (secondary N) is 3. The highest BCUT2D eigenvalue weighted by Crippen LogP contribution is 2.30. The van der Waals surface area contributed by atoms with Gasteiger partial charge in [-0.15, -0.1) is 0 Å². The van der Waals surface area contributed by atoms with Crippen LogP contribution in [0.4, 0.5) is 10.5 Å². The minimum atomic E-state index is -0.107. The number of nitrogens with zero attached hydrogens (tertiary/aromatic N) is 2. The maximum atomic E-state index is 12.7. The van der Waals surface area contributed by atoms with Gasteiger partial charge in [0.1, 0.15) is 0 Å². The third-order valence-electron chi connectivity index (χ3n) is 4.52. The number of urea groups is 1. The van der Waals surface area contributed by atoms with E-state index in [1.807, 2.05) is 35.4 Å². The second-order valence-electron chi connectivity index (χ2n) is 6.21. The van der Waals surface area contributed by atoms with Crippen molar-refractivity contribution in [3.8, 4) is 0 Å². The van der Waals surface area contributed by atoms with E-state index < -0.39 is 0 Å². The molecular formula is C18H23N5O2. The Bertz CT molecular complexity index is 712. The Balaban J connectivity index is 1.65. The number of carbonyl (C=O) groups is 2. The van der Waals surface area contributed by atoms with Crippen LogP contribution in [0.1, 0.15) is 36.4 Å². The molecule has 3 rings (SSSR count). The molecule has 2 aromatic rings. The van der Waals surface area contributed by atoms with Crippen LogP contribution in [0.2, 0.25) is 0 Å². The summed E-state index contributed by atoms with van der Waals surface area (Å²) in [6.45, 7) is 0.733. The van der Waals surface area contributed by atoms with Crippen molar-refractivity contribution in [1.29, 1.82) is 0 Å². The van der Waals surface area contributed by atoms with Gasteiger partial charge in [-0.25, -0.2) is 4.79 Å². The third-order valence-corrected chi connectivity index (χ3v) is 4.52. The molecule has 0 saturated carbocycles. The lowest BCUT2D eigenvalue weighted by Crippen LogP contribution is -2.41. The van der Waals surface area contributed by atoms with Gasteiger partial charge in [0.05, 0.1) is 18.7 Å². The van der Waals surface area contributed by atoms with Gasteiger partial charge in [-0.3, -0.25) is 9.89 Å². The predicted molar refractivity (Wildman–Crippen MR) is 95.1 cm³/mol. The van der Waals surface area contributed by atoms with E-state index in [-0.39, 0.29) is 18.0 Å². The zero-order chi connectivity index (χ0) is 17.6. The SMILES string of the molecule is CNC(=O)Cc1ccc(NC(=O)N2CCCCC2c2cn[nH]c2)cc1. The molecule has 1 unspecified atom stereocenters. The van der Waals surface area contributed by atoms with E-state index in [0.29, 0.717) is 6.42 Å². The van der Waals surface area contributed by atoms with Crippen LogP contribution in [-0.4, -0.2) is 40.6 Å². The lowest BCUT2D eigenvalue weighted by molar-refractivity contribution is -0.119. The Kier molecular flexibility index (Phi) is 5.33. The van der Waals surface area contributed by atoms with Crippen molar-refractivity contribution in [2.45, 2.75) is 31.7 Å². The minimum absolute atomic E-state index is 0.0342. The molecule has 1 aliphatic heterocycles. The van der Waals surface area contributed by atoms with Gasteiger partial charge in [0.25, 0.3) is 0 Å². The van der Waals surface area contributed by atoms with Crippen LogP contribution in [0, 0.1) is 0 Å². The summed E-state index contributed by atoms with van der Waals surface area (Å²) in [7, 11) is 1.62. The fraction of sp³-hybridized carbons (Fsp3) is 0.389. The highest BCUT2D eigenvalue weighted by atomic mass is 16.2. The number of hydrogen-bond donors (Lipinski definition) is 3. The van der Waals surface area contributed by atoms with E-state index in [1.54, 1.807) is 13.2 Å². The number of benzene rings is 1. The molecule has 132 valence electrons. The first-order valence-corrected chi connectivity index (χ1v) is 8.53. The van der Waals surface area contributed by atoms with Gasteiger partial charge in [0, 0.05) is 31.0 Å². The number of hydrogen-bond acceptors (Lipinski definition) is 3. The van der Waals surface area contributed by atoms with Crippen LogP contribution >= 0.6 is 0 Å². The first-order valence-electron chi connectivity index (χ1n) is 8.53. The Morgan fingerprint density at radius 1 is 1.28 bits per heavy atom. The van der Waals surface area contributed by atoms with Crippen molar-refractivity contribution in [2.75, 3.05) is 18.9 Å². The average Bonchev–Trinajstić information content (AvgIpc) is 3.18. The summed E-state index contributed by atoms with van der Waals surface area (Å²) in [5.74, 6) is -0.0342. The normalized spacial score (nSPS) is 17.2. The smallest absolute Gasteiger partial charge is 0.322 e. The molecule has 1 atom stereocenters. The molecule has 1 aliphatic rings. The molecule has 0 bridgehead atoms. The van der Waals surface area contributed by atoms with Gasteiger partial charge in [-0.2, -0.15) is 5.10 Å². The zero-order valence-electron chi connectivity index (χ0n) is 14.3. The van der Waals surface area contributed by atoms with Crippen LogP contribution in [-0.2, 0) is 11.2 Å². The van der Waals surface area contributed by atoms with E-state index in [0.717, 1.165) is 42.6 Å². The molecule has 0 aliphatic carbocycles. The number of aromatic nitrogens is 2. The van der Waals surface area contributed by atoms with E-state index in [2.05, 4.69) is 20.8 Å². The van der Waals surface area contributed by atoms with Crippen LogP contribution < -0.4 is 10.6 Å². The Morgan fingerprint density at radius 2 is 2.08 bits per heavy atom. The maximum absolute atomic E-state index is 12.7. The van der Waals surface area contributed by atoms with Crippen LogP contribution in [0.25, 0.3) is 0 Å². The summed E-state index contributed by atoms with van der Waals surface area (Å²) in [6.07, 6.45) is 7.02. The topological polar surface area (TPSA) is 90.1 Å². The molecule has 1 aromatic carbocycles. The second-order valence-corrected chi connectivity index (χ2v) is 6.21. The number of amides is 3.